The molecule has 0 N–H and O–H groups in total. The Morgan fingerprint density at radius 1 is 0.293 bits per heavy atom. The van der Waals surface area contributed by atoms with Crippen LogP contribution in [0.4, 0.5) is 17.1 Å². The molecule has 0 aliphatic heterocycles. The summed E-state index contributed by atoms with van der Waals surface area (Å²) in [7, 11) is 0. The molecule has 0 bridgehead atoms. The van der Waals surface area contributed by atoms with Crippen molar-refractivity contribution >= 4 is 112 Å². The summed E-state index contributed by atoms with van der Waals surface area (Å²) >= 11 is 5.68. The van der Waals surface area contributed by atoms with Crippen molar-refractivity contribution in [3.05, 3.63) is 200 Å². The number of hydrogen-bond acceptors (Lipinski definition) is 4. The van der Waals surface area contributed by atoms with Crippen LogP contribution in [0.2, 0.25) is 0 Å². The zero-order valence-corrected chi connectivity index (χ0v) is 33.7. The first-order valence-electron chi connectivity index (χ1n) is 19.6. The molecule has 4 heteroatoms. The number of nitrogens with zero attached hydrogens (tertiary/aromatic N) is 1. The summed E-state index contributed by atoms with van der Waals surface area (Å²) in [5.74, 6) is 0. The van der Waals surface area contributed by atoms with Crippen LogP contribution in [0.1, 0.15) is 0 Å². The quantitative estimate of drug-likeness (QED) is 0.162. The Labute approximate surface area is 347 Å². The standard InChI is InChI=1S/C54H33NS3/c1-4-14-34(15-5-1)37-26-28-44-50(32-37)58-54-40(36-18-8-3-9-19-36)29-30-46(51(44)54)55(47-24-13-23-42-41-20-10-11-25-48(41)57-53(42)47)38-27-31-49-45(33-38)43-22-12-21-39(52(43)56-49)35-16-6-2-7-17-35/h1-33H. The van der Waals surface area contributed by atoms with Crippen LogP contribution in [-0.4, -0.2) is 0 Å². The van der Waals surface area contributed by atoms with Gasteiger partial charge < -0.3 is 4.90 Å². The summed E-state index contributed by atoms with van der Waals surface area (Å²) in [6, 6.07) is 73.7. The van der Waals surface area contributed by atoms with Gasteiger partial charge in [-0.25, -0.2) is 0 Å². The first-order chi connectivity index (χ1) is 28.8. The minimum atomic E-state index is 1.15. The van der Waals surface area contributed by atoms with E-state index in [-0.39, 0.29) is 0 Å². The number of thiophene rings is 3. The van der Waals surface area contributed by atoms with Crippen LogP contribution >= 0.6 is 34.0 Å². The third kappa shape index (κ3) is 5.34. The van der Waals surface area contributed by atoms with Gasteiger partial charge in [-0.15, -0.1) is 34.0 Å². The maximum atomic E-state index is 2.55. The molecule has 0 unspecified atom stereocenters. The lowest BCUT2D eigenvalue weighted by molar-refractivity contribution is 1.33. The van der Waals surface area contributed by atoms with Gasteiger partial charge in [-0.2, -0.15) is 0 Å². The van der Waals surface area contributed by atoms with Crippen LogP contribution < -0.4 is 4.90 Å². The molecule has 1 nitrogen and oxygen atoms in total. The Hall–Kier alpha value is -6.56. The van der Waals surface area contributed by atoms with E-state index in [9.17, 15) is 0 Å². The van der Waals surface area contributed by atoms with E-state index in [1.807, 2.05) is 34.0 Å². The molecule has 0 atom stereocenters. The lowest BCUT2D eigenvalue weighted by Crippen LogP contribution is -2.10. The summed E-state index contributed by atoms with van der Waals surface area (Å²) in [5.41, 5.74) is 11.0. The second-order valence-corrected chi connectivity index (χ2v) is 18.0. The van der Waals surface area contributed by atoms with Crippen molar-refractivity contribution in [3.63, 3.8) is 0 Å². The Bertz CT molecular complexity index is 3500. The van der Waals surface area contributed by atoms with Gasteiger partial charge in [-0.05, 0) is 75.8 Å². The highest BCUT2D eigenvalue weighted by Crippen LogP contribution is 2.52. The van der Waals surface area contributed by atoms with E-state index >= 15 is 0 Å². The Morgan fingerprint density at radius 2 is 0.897 bits per heavy atom. The van der Waals surface area contributed by atoms with Crippen molar-refractivity contribution in [2.75, 3.05) is 4.90 Å². The second-order valence-electron chi connectivity index (χ2n) is 14.8. The van der Waals surface area contributed by atoms with E-state index < -0.39 is 0 Å². The molecule has 0 radical (unpaired) electrons. The largest absolute Gasteiger partial charge is 0.308 e. The van der Waals surface area contributed by atoms with Crippen molar-refractivity contribution in [3.8, 4) is 33.4 Å². The van der Waals surface area contributed by atoms with Gasteiger partial charge in [0.15, 0.2) is 0 Å². The zero-order chi connectivity index (χ0) is 38.2. The smallest absolute Gasteiger partial charge is 0.0640 e. The van der Waals surface area contributed by atoms with Gasteiger partial charge in [-0.1, -0.05) is 158 Å². The highest BCUT2D eigenvalue weighted by molar-refractivity contribution is 7.27. The van der Waals surface area contributed by atoms with E-state index in [0.29, 0.717) is 0 Å². The first-order valence-corrected chi connectivity index (χ1v) is 22.0. The number of rotatable bonds is 6. The van der Waals surface area contributed by atoms with Gasteiger partial charge in [0.05, 0.1) is 16.1 Å². The van der Waals surface area contributed by atoms with Gasteiger partial charge >= 0.3 is 0 Å². The molecule has 0 amide bonds. The van der Waals surface area contributed by atoms with Crippen molar-refractivity contribution in [1.82, 2.24) is 0 Å². The Morgan fingerprint density at radius 3 is 1.67 bits per heavy atom. The molecule has 272 valence electrons. The number of fused-ring (bicyclic) bond motifs is 9. The number of hydrogen-bond donors (Lipinski definition) is 0. The third-order valence-corrected chi connectivity index (χ3v) is 15.1. The van der Waals surface area contributed by atoms with Gasteiger partial charge in [0, 0.05) is 61.5 Å². The Balaban J connectivity index is 1.16. The summed E-state index contributed by atoms with van der Waals surface area (Å²) in [6.45, 7) is 0. The molecule has 0 spiro atoms. The predicted octanol–water partition coefficient (Wildman–Crippen LogP) is 17.3. The zero-order valence-electron chi connectivity index (χ0n) is 31.2. The molecule has 0 aliphatic rings. The van der Waals surface area contributed by atoms with E-state index in [0.717, 1.165) is 5.69 Å². The van der Waals surface area contributed by atoms with Gasteiger partial charge in [0.2, 0.25) is 0 Å². The Kier molecular flexibility index (Phi) is 7.83. The molecular formula is C54H33NS3. The minimum Gasteiger partial charge on any atom is -0.308 e. The van der Waals surface area contributed by atoms with Crippen LogP contribution in [0.15, 0.2) is 200 Å². The van der Waals surface area contributed by atoms with Crippen molar-refractivity contribution in [2.24, 2.45) is 0 Å². The predicted molar refractivity (Wildman–Crippen MR) is 256 cm³/mol. The molecule has 12 rings (SSSR count). The highest BCUT2D eigenvalue weighted by atomic mass is 32.1. The van der Waals surface area contributed by atoms with Crippen LogP contribution in [0.5, 0.6) is 0 Å². The maximum Gasteiger partial charge on any atom is 0.0640 e. The van der Waals surface area contributed by atoms with E-state index in [1.54, 1.807) is 0 Å². The lowest BCUT2D eigenvalue weighted by atomic mass is 9.98. The van der Waals surface area contributed by atoms with Crippen LogP contribution in [-0.2, 0) is 0 Å². The summed E-state index contributed by atoms with van der Waals surface area (Å²) < 4.78 is 7.79. The van der Waals surface area contributed by atoms with Gasteiger partial charge in [0.25, 0.3) is 0 Å². The molecule has 3 aromatic heterocycles. The molecule has 0 saturated heterocycles. The van der Waals surface area contributed by atoms with Crippen LogP contribution in [0.3, 0.4) is 0 Å². The molecule has 9 aromatic carbocycles. The topological polar surface area (TPSA) is 3.24 Å². The van der Waals surface area contributed by atoms with E-state index in [2.05, 4.69) is 205 Å². The lowest BCUT2D eigenvalue weighted by Gasteiger charge is -2.27. The maximum absolute atomic E-state index is 2.55. The summed E-state index contributed by atoms with van der Waals surface area (Å²) in [4.78, 5) is 2.55. The van der Waals surface area contributed by atoms with E-state index in [4.69, 9.17) is 0 Å². The average molecular weight is 792 g/mol. The normalized spacial score (nSPS) is 11.8. The highest BCUT2D eigenvalue weighted by Gasteiger charge is 2.24. The molecule has 58 heavy (non-hydrogen) atoms. The fourth-order valence-electron chi connectivity index (χ4n) is 8.79. The SMILES string of the molecule is c1ccc(-c2ccc3c(c2)sc2c(-c4ccccc4)ccc(N(c4ccc5sc6c(-c7ccccc7)cccc6c5c4)c4cccc5c4sc4ccccc45)c23)cc1. The molecule has 0 saturated carbocycles. The summed E-state index contributed by atoms with van der Waals surface area (Å²) in [6.07, 6.45) is 0. The fourth-order valence-corrected chi connectivity index (χ4v) is 12.5. The van der Waals surface area contributed by atoms with Crippen molar-refractivity contribution < 1.29 is 0 Å². The monoisotopic (exact) mass is 791 g/mol. The minimum absolute atomic E-state index is 1.15. The molecule has 0 aliphatic carbocycles. The van der Waals surface area contributed by atoms with Gasteiger partial charge in [-0.3, -0.25) is 0 Å². The average Bonchev–Trinajstić information content (AvgIpc) is 3.99. The number of benzene rings is 9. The van der Waals surface area contributed by atoms with E-state index in [1.165, 1.54) is 105 Å². The molecule has 0 fully saturated rings. The van der Waals surface area contributed by atoms with Crippen LogP contribution in [0, 0.1) is 0 Å². The fraction of sp³-hybridized carbons (Fsp3) is 0. The van der Waals surface area contributed by atoms with Crippen LogP contribution in [0.25, 0.3) is 93.9 Å². The molecular weight excluding hydrogens is 759 g/mol. The van der Waals surface area contributed by atoms with Crippen molar-refractivity contribution in [2.45, 2.75) is 0 Å². The molecule has 12 aromatic rings. The first kappa shape index (κ1) is 33.6. The summed E-state index contributed by atoms with van der Waals surface area (Å²) in [5, 5.41) is 7.72. The number of anilines is 3. The van der Waals surface area contributed by atoms with Crippen molar-refractivity contribution in [1.29, 1.82) is 0 Å². The third-order valence-electron chi connectivity index (χ3n) is 11.5. The second kappa shape index (κ2) is 13.5. The van der Waals surface area contributed by atoms with Gasteiger partial charge in [0.1, 0.15) is 0 Å². The molecule has 3 heterocycles.